The molecule has 0 aliphatic heterocycles. The molecule has 1 atom stereocenters. The van der Waals surface area contributed by atoms with Gasteiger partial charge in [0.05, 0.1) is 6.04 Å². The van der Waals surface area contributed by atoms with Gasteiger partial charge in [-0.15, -0.1) is 0 Å². The van der Waals surface area contributed by atoms with Crippen molar-refractivity contribution >= 4 is 5.91 Å². The molecule has 4 heteroatoms. The van der Waals surface area contributed by atoms with Gasteiger partial charge in [0.15, 0.2) is 18.2 Å². The summed E-state index contributed by atoms with van der Waals surface area (Å²) in [5.41, 5.74) is 2.28. The number of nitrogens with one attached hydrogen (secondary N) is 1. The van der Waals surface area contributed by atoms with Crippen LogP contribution in [0.2, 0.25) is 0 Å². The molecule has 1 N–H and O–H groups in total. The highest BCUT2D eigenvalue weighted by Crippen LogP contribution is 2.16. The van der Waals surface area contributed by atoms with E-state index in [1.807, 2.05) is 31.2 Å². The Balaban J connectivity index is 1.87. The lowest BCUT2D eigenvalue weighted by molar-refractivity contribution is -0.123. The molecule has 0 bridgehead atoms. The third-order valence-electron chi connectivity index (χ3n) is 3.46. The van der Waals surface area contributed by atoms with Crippen molar-refractivity contribution in [3.8, 4) is 5.75 Å². The third kappa shape index (κ3) is 4.32. The van der Waals surface area contributed by atoms with Crippen molar-refractivity contribution in [1.82, 2.24) is 5.32 Å². The van der Waals surface area contributed by atoms with Crippen LogP contribution >= 0.6 is 0 Å². The first-order valence-corrected chi connectivity index (χ1v) is 7.35. The standard InChI is InChI=1S/C18H20FNO2/c1-3-14-8-10-15(11-9-14)13(2)20-18(21)12-22-17-7-5-4-6-16(17)19/h4-11,13H,3,12H2,1-2H3,(H,20,21). The number of carbonyl (C=O) groups is 1. The third-order valence-corrected chi connectivity index (χ3v) is 3.46. The fourth-order valence-electron chi connectivity index (χ4n) is 2.11. The van der Waals surface area contributed by atoms with Crippen LogP contribution in [0, 0.1) is 5.82 Å². The monoisotopic (exact) mass is 301 g/mol. The molecule has 0 fully saturated rings. The Hall–Kier alpha value is -2.36. The molecular formula is C18H20FNO2. The molecule has 1 amide bonds. The van der Waals surface area contributed by atoms with Crippen molar-refractivity contribution in [2.24, 2.45) is 0 Å². The van der Waals surface area contributed by atoms with Gasteiger partial charge < -0.3 is 10.1 Å². The summed E-state index contributed by atoms with van der Waals surface area (Å²) in [5.74, 6) is -0.675. The molecule has 0 radical (unpaired) electrons. The Labute approximate surface area is 130 Å². The van der Waals surface area contributed by atoms with Gasteiger partial charge in [-0.25, -0.2) is 4.39 Å². The Bertz CT molecular complexity index is 625. The number of hydrogen-bond donors (Lipinski definition) is 1. The van der Waals surface area contributed by atoms with E-state index in [-0.39, 0.29) is 24.3 Å². The van der Waals surface area contributed by atoms with E-state index in [4.69, 9.17) is 4.74 Å². The van der Waals surface area contributed by atoms with Crippen LogP contribution in [-0.2, 0) is 11.2 Å². The van der Waals surface area contributed by atoms with Gasteiger partial charge in [0.2, 0.25) is 0 Å². The maximum atomic E-state index is 13.4. The number of ether oxygens (including phenoxy) is 1. The molecule has 0 spiro atoms. The molecule has 2 rings (SSSR count). The fourth-order valence-corrected chi connectivity index (χ4v) is 2.11. The van der Waals surface area contributed by atoms with Crippen molar-refractivity contribution in [2.45, 2.75) is 26.3 Å². The highest BCUT2D eigenvalue weighted by Gasteiger charge is 2.11. The highest BCUT2D eigenvalue weighted by atomic mass is 19.1. The first-order chi connectivity index (χ1) is 10.6. The zero-order chi connectivity index (χ0) is 15.9. The average molecular weight is 301 g/mol. The summed E-state index contributed by atoms with van der Waals surface area (Å²) in [6, 6.07) is 14.0. The molecule has 0 aliphatic rings. The van der Waals surface area contributed by atoms with Gasteiger partial charge in [0.25, 0.3) is 5.91 Å². The van der Waals surface area contributed by atoms with Crippen LogP contribution in [0.4, 0.5) is 4.39 Å². The first-order valence-electron chi connectivity index (χ1n) is 7.35. The topological polar surface area (TPSA) is 38.3 Å². The summed E-state index contributed by atoms with van der Waals surface area (Å²) < 4.78 is 18.6. The number of halogens is 1. The lowest BCUT2D eigenvalue weighted by Crippen LogP contribution is -2.31. The van der Waals surface area contributed by atoms with E-state index in [2.05, 4.69) is 12.2 Å². The Morgan fingerprint density at radius 1 is 1.18 bits per heavy atom. The van der Waals surface area contributed by atoms with Crippen molar-refractivity contribution in [3.05, 3.63) is 65.5 Å². The summed E-state index contributed by atoms with van der Waals surface area (Å²) in [7, 11) is 0. The lowest BCUT2D eigenvalue weighted by atomic mass is 10.1. The number of para-hydroxylation sites is 1. The first kappa shape index (κ1) is 16.0. The summed E-state index contributed by atoms with van der Waals surface area (Å²) in [4.78, 5) is 11.9. The molecule has 2 aromatic carbocycles. The molecule has 0 heterocycles. The van der Waals surface area contributed by atoms with E-state index in [9.17, 15) is 9.18 Å². The number of carbonyl (C=O) groups excluding carboxylic acids is 1. The number of benzene rings is 2. The van der Waals surface area contributed by atoms with Crippen LogP contribution in [0.1, 0.15) is 31.0 Å². The molecule has 0 saturated carbocycles. The molecule has 1 unspecified atom stereocenters. The smallest absolute Gasteiger partial charge is 0.258 e. The van der Waals surface area contributed by atoms with Gasteiger partial charge in [0, 0.05) is 0 Å². The van der Waals surface area contributed by atoms with Gasteiger partial charge >= 0.3 is 0 Å². The Kier molecular flexibility index (Phi) is 5.53. The molecule has 0 aliphatic carbocycles. The highest BCUT2D eigenvalue weighted by molar-refractivity contribution is 5.78. The minimum absolute atomic E-state index is 0.0811. The molecule has 0 aromatic heterocycles. The van der Waals surface area contributed by atoms with E-state index in [0.29, 0.717) is 0 Å². The summed E-state index contributed by atoms with van der Waals surface area (Å²) in [6.07, 6.45) is 0.984. The zero-order valence-corrected chi connectivity index (χ0v) is 12.8. The van der Waals surface area contributed by atoms with E-state index in [1.165, 1.54) is 17.7 Å². The molecule has 22 heavy (non-hydrogen) atoms. The summed E-state index contributed by atoms with van der Waals surface area (Å²) in [6.45, 7) is 3.79. The molecule has 3 nitrogen and oxygen atoms in total. The van der Waals surface area contributed by atoms with Crippen LogP contribution in [-0.4, -0.2) is 12.5 Å². The molecule has 116 valence electrons. The predicted octanol–water partition coefficient (Wildman–Crippen LogP) is 3.64. The van der Waals surface area contributed by atoms with Crippen LogP contribution in [0.3, 0.4) is 0 Å². The maximum absolute atomic E-state index is 13.4. The normalized spacial score (nSPS) is 11.8. The van der Waals surface area contributed by atoms with Crippen LogP contribution in [0.15, 0.2) is 48.5 Å². The second-order valence-electron chi connectivity index (χ2n) is 5.10. The molecule has 2 aromatic rings. The van der Waals surface area contributed by atoms with Gasteiger partial charge in [-0.05, 0) is 36.6 Å². The van der Waals surface area contributed by atoms with Crippen LogP contribution in [0.5, 0.6) is 5.75 Å². The van der Waals surface area contributed by atoms with E-state index < -0.39 is 5.82 Å². The lowest BCUT2D eigenvalue weighted by Gasteiger charge is -2.15. The van der Waals surface area contributed by atoms with Gasteiger partial charge in [0.1, 0.15) is 0 Å². The predicted molar refractivity (Wildman–Crippen MR) is 84.3 cm³/mol. The van der Waals surface area contributed by atoms with Gasteiger partial charge in [-0.3, -0.25) is 4.79 Å². The molecule has 0 saturated heterocycles. The van der Waals surface area contributed by atoms with Crippen LogP contribution in [0.25, 0.3) is 0 Å². The number of hydrogen-bond acceptors (Lipinski definition) is 2. The maximum Gasteiger partial charge on any atom is 0.258 e. The van der Waals surface area contributed by atoms with Crippen molar-refractivity contribution in [2.75, 3.05) is 6.61 Å². The van der Waals surface area contributed by atoms with Crippen molar-refractivity contribution in [3.63, 3.8) is 0 Å². The van der Waals surface area contributed by atoms with E-state index >= 15 is 0 Å². The largest absolute Gasteiger partial charge is 0.481 e. The Morgan fingerprint density at radius 2 is 1.86 bits per heavy atom. The van der Waals surface area contributed by atoms with Gasteiger partial charge in [-0.1, -0.05) is 43.3 Å². The number of rotatable bonds is 6. The molecular weight excluding hydrogens is 281 g/mol. The van der Waals surface area contributed by atoms with Gasteiger partial charge in [-0.2, -0.15) is 0 Å². The fraction of sp³-hybridized carbons (Fsp3) is 0.278. The van der Waals surface area contributed by atoms with Crippen LogP contribution < -0.4 is 10.1 Å². The minimum Gasteiger partial charge on any atom is -0.481 e. The van der Waals surface area contributed by atoms with E-state index in [0.717, 1.165) is 12.0 Å². The second-order valence-corrected chi connectivity index (χ2v) is 5.10. The number of aryl methyl sites for hydroxylation is 1. The quantitative estimate of drug-likeness (QED) is 0.884. The summed E-state index contributed by atoms with van der Waals surface area (Å²) >= 11 is 0. The Morgan fingerprint density at radius 3 is 2.50 bits per heavy atom. The van der Waals surface area contributed by atoms with Crippen molar-refractivity contribution < 1.29 is 13.9 Å². The SMILES string of the molecule is CCc1ccc(C(C)NC(=O)COc2ccccc2F)cc1. The summed E-state index contributed by atoms with van der Waals surface area (Å²) in [5, 5.41) is 2.84. The second kappa shape index (κ2) is 7.59. The zero-order valence-electron chi connectivity index (χ0n) is 12.8. The van der Waals surface area contributed by atoms with Crippen molar-refractivity contribution in [1.29, 1.82) is 0 Å². The average Bonchev–Trinajstić information content (AvgIpc) is 2.54. The minimum atomic E-state index is -0.474. The number of amides is 1. The van der Waals surface area contributed by atoms with E-state index in [1.54, 1.807) is 12.1 Å².